The zero-order chi connectivity index (χ0) is 12.4. The summed E-state index contributed by atoms with van der Waals surface area (Å²) in [5.74, 6) is 0. The van der Waals surface area contributed by atoms with Gasteiger partial charge in [-0.3, -0.25) is 4.74 Å². The van der Waals surface area contributed by atoms with Gasteiger partial charge >= 0.3 is 6.36 Å². The highest BCUT2D eigenvalue weighted by atomic mass is 19.4. The van der Waals surface area contributed by atoms with Gasteiger partial charge in [-0.15, -0.1) is 13.2 Å². The third-order valence-electron chi connectivity index (χ3n) is 2.22. The summed E-state index contributed by atoms with van der Waals surface area (Å²) in [5.41, 5.74) is 0.678. The maximum atomic E-state index is 12.2. The highest BCUT2D eigenvalue weighted by molar-refractivity contribution is 5.23. The van der Waals surface area contributed by atoms with Gasteiger partial charge in [0.05, 0.1) is 6.10 Å². The smallest absolute Gasteiger partial charge is 0.284 e. The topological polar surface area (TPSA) is 9.23 Å². The van der Waals surface area contributed by atoms with Gasteiger partial charge in [-0.25, -0.2) is 0 Å². The summed E-state index contributed by atoms with van der Waals surface area (Å²) in [6, 6.07) is 0. The number of hydrogen-bond donors (Lipinski definition) is 0. The van der Waals surface area contributed by atoms with Gasteiger partial charge in [0.25, 0.3) is 0 Å². The van der Waals surface area contributed by atoms with E-state index >= 15 is 0 Å². The Labute approximate surface area is 94.0 Å². The molecule has 1 rings (SSSR count). The Bertz CT molecular complexity index is 294. The van der Waals surface area contributed by atoms with Crippen molar-refractivity contribution in [3.05, 3.63) is 23.8 Å². The van der Waals surface area contributed by atoms with E-state index in [0.29, 0.717) is 18.4 Å². The molecule has 1 unspecified atom stereocenters. The summed E-state index contributed by atoms with van der Waals surface area (Å²) < 4.78 is 40.6. The minimum atomic E-state index is -4.56. The molecule has 0 saturated heterocycles. The van der Waals surface area contributed by atoms with Crippen LogP contribution in [0.5, 0.6) is 0 Å². The van der Waals surface area contributed by atoms with Crippen LogP contribution in [-0.4, -0.2) is 12.5 Å². The fourth-order valence-corrected chi connectivity index (χ4v) is 1.72. The van der Waals surface area contributed by atoms with Crippen LogP contribution in [0.25, 0.3) is 0 Å². The molecule has 0 aromatic rings. The Kier molecular flexibility index (Phi) is 3.84. The van der Waals surface area contributed by atoms with Crippen LogP contribution in [0.4, 0.5) is 13.2 Å². The van der Waals surface area contributed by atoms with Crippen molar-refractivity contribution in [1.82, 2.24) is 0 Å². The van der Waals surface area contributed by atoms with Gasteiger partial charge < -0.3 is 0 Å². The van der Waals surface area contributed by atoms with Crippen LogP contribution >= 0.6 is 0 Å². The molecule has 92 valence electrons. The van der Waals surface area contributed by atoms with Gasteiger partial charge in [-0.05, 0) is 23.8 Å². The molecule has 0 saturated carbocycles. The van der Waals surface area contributed by atoms with Crippen molar-refractivity contribution < 1.29 is 17.9 Å². The first-order valence-electron chi connectivity index (χ1n) is 5.27. The van der Waals surface area contributed by atoms with E-state index in [9.17, 15) is 13.2 Å². The van der Waals surface area contributed by atoms with Crippen molar-refractivity contribution in [2.45, 2.75) is 46.1 Å². The normalized spacial score (nSPS) is 22.1. The molecule has 0 bridgehead atoms. The maximum absolute atomic E-state index is 12.2. The molecule has 0 aromatic heterocycles. The average Bonchev–Trinajstić information content (AvgIpc) is 2.03. The Morgan fingerprint density at radius 1 is 1.31 bits per heavy atom. The zero-order valence-electron chi connectivity index (χ0n) is 9.77. The van der Waals surface area contributed by atoms with Crippen LogP contribution in [0, 0.1) is 5.41 Å². The average molecular weight is 234 g/mol. The molecule has 1 atom stereocenters. The Morgan fingerprint density at radius 3 is 2.44 bits per heavy atom. The minimum absolute atomic E-state index is 0.0375. The number of halogens is 3. The van der Waals surface area contributed by atoms with E-state index in [2.05, 4.69) is 4.74 Å². The number of rotatable bonds is 2. The largest absolute Gasteiger partial charge is 0.523 e. The summed E-state index contributed by atoms with van der Waals surface area (Å²) in [4.78, 5) is 0. The van der Waals surface area contributed by atoms with Crippen LogP contribution in [0.3, 0.4) is 0 Å². The fraction of sp³-hybridized carbons (Fsp3) is 0.667. The van der Waals surface area contributed by atoms with Crippen molar-refractivity contribution in [3.63, 3.8) is 0 Å². The lowest BCUT2D eigenvalue weighted by Gasteiger charge is -2.28. The van der Waals surface area contributed by atoms with Crippen molar-refractivity contribution >= 4 is 0 Å². The van der Waals surface area contributed by atoms with Crippen LogP contribution in [0.1, 0.15) is 33.6 Å². The van der Waals surface area contributed by atoms with Crippen molar-refractivity contribution in [1.29, 1.82) is 0 Å². The number of hydrogen-bond acceptors (Lipinski definition) is 1. The number of allylic oxidation sites excluding steroid dienone is 2. The number of ether oxygens (including phenoxy) is 1. The molecule has 0 N–H and O–H groups in total. The minimum Gasteiger partial charge on any atom is -0.284 e. The molecule has 0 aliphatic heterocycles. The monoisotopic (exact) mass is 234 g/mol. The molecule has 0 amide bonds. The number of alkyl halides is 3. The molecule has 16 heavy (non-hydrogen) atoms. The fourth-order valence-electron chi connectivity index (χ4n) is 1.72. The van der Waals surface area contributed by atoms with Gasteiger partial charge in [0.15, 0.2) is 0 Å². The third kappa shape index (κ3) is 4.84. The first-order chi connectivity index (χ1) is 7.17. The molecule has 0 fully saturated rings. The molecule has 4 heteroatoms. The lowest BCUT2D eigenvalue weighted by Crippen LogP contribution is -2.27. The summed E-state index contributed by atoms with van der Waals surface area (Å²) in [6.07, 6.45) is 0.696. The van der Waals surface area contributed by atoms with Crippen LogP contribution in [0.15, 0.2) is 23.8 Å². The lowest BCUT2D eigenvalue weighted by atomic mass is 9.84. The van der Waals surface area contributed by atoms with Gasteiger partial charge in [0, 0.05) is 0 Å². The predicted molar refractivity (Wildman–Crippen MR) is 56.8 cm³/mol. The molecule has 0 aromatic carbocycles. The van der Waals surface area contributed by atoms with Crippen LogP contribution in [-0.2, 0) is 4.74 Å². The summed E-state index contributed by atoms with van der Waals surface area (Å²) >= 11 is 0. The first-order valence-corrected chi connectivity index (χ1v) is 5.27. The summed E-state index contributed by atoms with van der Waals surface area (Å²) in [6.45, 7) is 5.99. The molecule has 0 radical (unpaired) electrons. The van der Waals surface area contributed by atoms with E-state index < -0.39 is 12.5 Å². The second kappa shape index (κ2) is 4.62. The Morgan fingerprint density at radius 2 is 1.94 bits per heavy atom. The van der Waals surface area contributed by atoms with E-state index in [-0.39, 0.29) is 5.41 Å². The molecule has 0 heterocycles. The second-order valence-electron chi connectivity index (χ2n) is 5.20. The van der Waals surface area contributed by atoms with Gasteiger partial charge in [-0.1, -0.05) is 39.0 Å². The molecular formula is C12H17F3O. The first kappa shape index (κ1) is 13.3. The van der Waals surface area contributed by atoms with Crippen molar-refractivity contribution in [2.24, 2.45) is 5.41 Å². The highest BCUT2D eigenvalue weighted by Crippen LogP contribution is 2.33. The van der Waals surface area contributed by atoms with E-state index in [1.54, 1.807) is 18.2 Å². The summed E-state index contributed by atoms with van der Waals surface area (Å²) in [7, 11) is 0. The molecule has 1 aliphatic carbocycles. The maximum Gasteiger partial charge on any atom is 0.523 e. The molecule has 1 aliphatic rings. The van der Waals surface area contributed by atoms with Crippen LogP contribution in [0.2, 0.25) is 0 Å². The van der Waals surface area contributed by atoms with Crippen LogP contribution < -0.4 is 0 Å². The SMILES string of the molecule is CC(C)(C)CC1=CC=CCC1OC(F)(F)F. The molecular weight excluding hydrogens is 217 g/mol. The van der Waals surface area contributed by atoms with Gasteiger partial charge in [0.2, 0.25) is 0 Å². The van der Waals surface area contributed by atoms with E-state index in [1.807, 2.05) is 20.8 Å². The highest BCUT2D eigenvalue weighted by Gasteiger charge is 2.35. The quantitative estimate of drug-likeness (QED) is 0.695. The Balaban J connectivity index is 2.71. The van der Waals surface area contributed by atoms with E-state index in [0.717, 1.165) is 0 Å². The van der Waals surface area contributed by atoms with Crippen molar-refractivity contribution in [2.75, 3.05) is 0 Å². The van der Waals surface area contributed by atoms with Gasteiger partial charge in [0.1, 0.15) is 0 Å². The summed E-state index contributed by atoms with van der Waals surface area (Å²) in [5, 5.41) is 0. The van der Waals surface area contributed by atoms with E-state index in [4.69, 9.17) is 0 Å². The standard InChI is InChI=1S/C12H17F3O/c1-11(2,3)8-9-6-4-5-7-10(9)16-12(13,14)15/h4-6,10H,7-8H2,1-3H3. The van der Waals surface area contributed by atoms with Gasteiger partial charge in [-0.2, -0.15) is 0 Å². The Hall–Kier alpha value is -0.770. The molecule has 1 nitrogen and oxygen atoms in total. The van der Waals surface area contributed by atoms with E-state index in [1.165, 1.54) is 0 Å². The molecule has 0 spiro atoms. The zero-order valence-corrected chi connectivity index (χ0v) is 9.77. The predicted octanol–water partition coefficient (Wildman–Crippen LogP) is 4.21. The lowest BCUT2D eigenvalue weighted by molar-refractivity contribution is -0.337. The third-order valence-corrected chi connectivity index (χ3v) is 2.22. The second-order valence-corrected chi connectivity index (χ2v) is 5.20. The van der Waals surface area contributed by atoms with Crippen molar-refractivity contribution in [3.8, 4) is 0 Å².